The normalized spacial score (nSPS) is 16.3. The molecule has 2 aromatic rings. The van der Waals surface area contributed by atoms with E-state index in [4.69, 9.17) is 9.08 Å². The minimum Gasteiger partial charge on any atom is -0.388 e. The van der Waals surface area contributed by atoms with Gasteiger partial charge in [0.05, 0.1) is 0 Å². The van der Waals surface area contributed by atoms with Gasteiger partial charge in [0.15, 0.2) is 0 Å². The van der Waals surface area contributed by atoms with Gasteiger partial charge in [-0.15, -0.1) is 0 Å². The van der Waals surface area contributed by atoms with Crippen LogP contribution in [-0.2, 0) is 23.4 Å². The Bertz CT molecular complexity index is 783. The maximum atomic E-state index is 12.4. The average Bonchev–Trinajstić information content (AvgIpc) is 2.45. The van der Waals surface area contributed by atoms with Gasteiger partial charge in [-0.25, -0.2) is 4.18 Å². The second-order valence-corrected chi connectivity index (χ2v) is 6.83. The quantitative estimate of drug-likeness (QED) is 0.465. The highest BCUT2D eigenvalue weighted by Gasteiger charge is 2.28. The molecule has 2 rings (SSSR count). The smallest absolute Gasteiger partial charge is 0.319 e. The maximum absolute atomic E-state index is 12.4. The molecule has 0 saturated heterocycles. The third-order valence-electron chi connectivity index (χ3n) is 2.85. The van der Waals surface area contributed by atoms with Gasteiger partial charge in [-0.05, 0) is 18.4 Å². The lowest BCUT2D eigenvalue weighted by molar-refractivity contribution is -0.0747. The lowest BCUT2D eigenvalue weighted by atomic mass is 10.1. The zero-order chi connectivity index (χ0) is 16.3. The van der Waals surface area contributed by atoms with Gasteiger partial charge in [-0.1, -0.05) is 36.4 Å². The molecule has 7 nitrogen and oxygen atoms in total. The molecule has 0 aromatic heterocycles. The summed E-state index contributed by atoms with van der Waals surface area (Å²) in [7, 11) is -7.77. The Morgan fingerprint density at radius 3 is 2.41 bits per heavy atom. The summed E-state index contributed by atoms with van der Waals surface area (Å²) in [4.78, 5) is 8.64. The highest BCUT2D eigenvalue weighted by Crippen LogP contribution is 2.28. The average molecular weight is 346 g/mol. The molecule has 1 unspecified atom stereocenters. The van der Waals surface area contributed by atoms with Crippen molar-refractivity contribution < 1.29 is 31.7 Å². The number of rotatable bonds is 6. The van der Waals surface area contributed by atoms with Crippen LogP contribution in [0, 0.1) is 0 Å². The third kappa shape index (κ3) is 3.92. The van der Waals surface area contributed by atoms with Gasteiger partial charge in [-0.2, -0.15) is 8.42 Å². The minimum atomic E-state index is -4.30. The van der Waals surface area contributed by atoms with Gasteiger partial charge in [0, 0.05) is 5.39 Å². The van der Waals surface area contributed by atoms with Gasteiger partial charge < -0.3 is 10.00 Å². The summed E-state index contributed by atoms with van der Waals surface area (Å²) >= 11 is 0. The Kier molecular flexibility index (Phi) is 5.33. The van der Waals surface area contributed by atoms with E-state index in [9.17, 15) is 18.1 Å². The first-order valence-electron chi connectivity index (χ1n) is 6.30. The zero-order valence-corrected chi connectivity index (χ0v) is 13.4. The molecule has 120 valence electrons. The van der Waals surface area contributed by atoms with Gasteiger partial charge in [0.2, 0.25) is 6.29 Å². The highest BCUT2D eigenvalue weighted by atomic mass is 32.2. The van der Waals surface area contributed by atoms with Crippen LogP contribution in [0.25, 0.3) is 10.8 Å². The number of hydrogen-bond donors (Lipinski definition) is 2. The summed E-state index contributed by atoms with van der Waals surface area (Å²) in [5.41, 5.74) is 0. The molecule has 0 spiro atoms. The van der Waals surface area contributed by atoms with E-state index in [2.05, 4.69) is 4.52 Å². The molecule has 2 aromatic carbocycles. The van der Waals surface area contributed by atoms with Crippen molar-refractivity contribution in [2.75, 3.05) is 0 Å². The molecular weight excluding hydrogens is 331 g/mol. The standard InChI is InChI=1S/C13H15O7PS/c1-9(14)13(19-21(15)16)20-22(17,18)12-8-4-6-10-5-2-3-7-11(10)12/h2-9,13-14,21H,1H3,(H,15,16)/t9-,13-/m0/s1. The Morgan fingerprint density at radius 2 is 1.77 bits per heavy atom. The van der Waals surface area contributed by atoms with E-state index in [1.54, 1.807) is 36.4 Å². The lowest BCUT2D eigenvalue weighted by Gasteiger charge is -2.19. The van der Waals surface area contributed by atoms with Gasteiger partial charge >= 0.3 is 8.25 Å². The summed E-state index contributed by atoms with van der Waals surface area (Å²) in [5.74, 6) is 0. The molecule has 0 aliphatic heterocycles. The predicted octanol–water partition coefficient (Wildman–Crippen LogP) is 1.65. The van der Waals surface area contributed by atoms with Crippen LogP contribution in [0.1, 0.15) is 6.92 Å². The Balaban J connectivity index is 2.42. The maximum Gasteiger partial charge on any atom is 0.319 e. The summed E-state index contributed by atoms with van der Waals surface area (Å²) in [6.45, 7) is 1.19. The van der Waals surface area contributed by atoms with Crippen molar-refractivity contribution in [1.82, 2.24) is 0 Å². The molecule has 2 N–H and O–H groups in total. The largest absolute Gasteiger partial charge is 0.388 e. The second kappa shape index (κ2) is 6.87. The van der Waals surface area contributed by atoms with E-state index in [0.717, 1.165) is 0 Å². The second-order valence-electron chi connectivity index (χ2n) is 4.52. The molecule has 0 fully saturated rings. The summed E-state index contributed by atoms with van der Waals surface area (Å²) in [5, 5.41) is 10.6. The van der Waals surface area contributed by atoms with Crippen LogP contribution in [0.2, 0.25) is 0 Å². The molecule has 0 amide bonds. The van der Waals surface area contributed by atoms with Crippen LogP contribution in [0.4, 0.5) is 0 Å². The van der Waals surface area contributed by atoms with Crippen molar-refractivity contribution in [2.24, 2.45) is 0 Å². The summed E-state index contributed by atoms with van der Waals surface area (Å²) in [6.07, 6.45) is -3.17. The predicted molar refractivity (Wildman–Crippen MR) is 80.0 cm³/mol. The van der Waals surface area contributed by atoms with Crippen molar-refractivity contribution in [3.8, 4) is 0 Å². The molecule has 3 atom stereocenters. The minimum absolute atomic E-state index is 0.113. The van der Waals surface area contributed by atoms with Crippen LogP contribution in [0.15, 0.2) is 47.4 Å². The van der Waals surface area contributed by atoms with E-state index >= 15 is 0 Å². The fraction of sp³-hybridized carbons (Fsp3) is 0.231. The van der Waals surface area contributed by atoms with Gasteiger partial charge in [0.25, 0.3) is 10.1 Å². The molecule has 0 aliphatic carbocycles. The number of hydrogen-bond acceptors (Lipinski definition) is 6. The van der Waals surface area contributed by atoms with E-state index in [1.807, 2.05) is 0 Å². The van der Waals surface area contributed by atoms with Gasteiger partial charge in [0.1, 0.15) is 11.0 Å². The van der Waals surface area contributed by atoms with Crippen LogP contribution >= 0.6 is 8.25 Å². The molecular formula is C13H15O7PS. The molecule has 22 heavy (non-hydrogen) atoms. The highest BCUT2D eigenvalue weighted by molar-refractivity contribution is 7.87. The number of aliphatic hydroxyl groups is 1. The number of aliphatic hydroxyl groups excluding tert-OH is 1. The molecule has 0 bridgehead atoms. The Morgan fingerprint density at radius 1 is 1.14 bits per heavy atom. The van der Waals surface area contributed by atoms with E-state index < -0.39 is 30.8 Å². The molecule has 0 radical (unpaired) electrons. The van der Waals surface area contributed by atoms with Gasteiger partial charge in [-0.3, -0.25) is 9.09 Å². The first-order valence-corrected chi connectivity index (χ1v) is 8.97. The third-order valence-corrected chi connectivity index (χ3v) is 4.62. The van der Waals surface area contributed by atoms with Crippen molar-refractivity contribution in [1.29, 1.82) is 0 Å². The molecule has 0 heterocycles. The Hall–Kier alpha value is -1.28. The summed E-state index contributed by atoms with van der Waals surface area (Å²) in [6, 6.07) is 11.4. The van der Waals surface area contributed by atoms with Crippen molar-refractivity contribution in [3.63, 3.8) is 0 Å². The molecule has 9 heteroatoms. The Labute approximate surface area is 128 Å². The fourth-order valence-corrected chi connectivity index (χ4v) is 3.66. The SMILES string of the molecule is C[C@H](O)[C@@H](O[PH](=O)O)OS(=O)(=O)c1cccc2ccccc12. The fourth-order valence-electron chi connectivity index (χ4n) is 1.89. The zero-order valence-electron chi connectivity index (χ0n) is 11.5. The van der Waals surface area contributed by atoms with E-state index in [1.165, 1.54) is 13.0 Å². The topological polar surface area (TPSA) is 110 Å². The first kappa shape index (κ1) is 17.1. The van der Waals surface area contributed by atoms with E-state index in [0.29, 0.717) is 10.8 Å². The van der Waals surface area contributed by atoms with Crippen molar-refractivity contribution in [3.05, 3.63) is 42.5 Å². The number of benzene rings is 2. The lowest BCUT2D eigenvalue weighted by Crippen LogP contribution is -2.30. The van der Waals surface area contributed by atoms with E-state index in [-0.39, 0.29) is 4.90 Å². The molecule has 0 aliphatic rings. The number of fused-ring (bicyclic) bond motifs is 1. The van der Waals surface area contributed by atoms with Crippen LogP contribution in [0.3, 0.4) is 0 Å². The van der Waals surface area contributed by atoms with Crippen LogP contribution in [0.5, 0.6) is 0 Å². The van der Waals surface area contributed by atoms with Crippen molar-refractivity contribution >= 4 is 29.1 Å². The van der Waals surface area contributed by atoms with Crippen LogP contribution in [-0.4, -0.2) is 30.8 Å². The van der Waals surface area contributed by atoms with Crippen molar-refractivity contribution in [2.45, 2.75) is 24.2 Å². The monoisotopic (exact) mass is 346 g/mol. The molecule has 0 saturated carbocycles. The van der Waals surface area contributed by atoms with Crippen LogP contribution < -0.4 is 0 Å². The summed E-state index contributed by atoms with van der Waals surface area (Å²) < 4.78 is 44.6. The first-order chi connectivity index (χ1) is 10.3.